The van der Waals surface area contributed by atoms with Crippen molar-refractivity contribution in [1.82, 2.24) is 4.31 Å². The van der Waals surface area contributed by atoms with Gasteiger partial charge < -0.3 is 5.11 Å². The number of halogens is 1. The van der Waals surface area contributed by atoms with Crippen LogP contribution in [0.3, 0.4) is 0 Å². The van der Waals surface area contributed by atoms with E-state index >= 15 is 0 Å². The first-order chi connectivity index (χ1) is 11.8. The van der Waals surface area contributed by atoms with E-state index in [9.17, 15) is 17.9 Å². The van der Waals surface area contributed by atoms with Crippen molar-refractivity contribution in [3.8, 4) is 0 Å². The Morgan fingerprint density at radius 2 is 1.60 bits per heavy atom. The zero-order valence-corrected chi connectivity index (χ0v) is 15.3. The summed E-state index contributed by atoms with van der Waals surface area (Å²) in [5, 5.41) is 10.4. The summed E-state index contributed by atoms with van der Waals surface area (Å²) >= 11 is 0. The number of benzene rings is 2. The van der Waals surface area contributed by atoms with Crippen molar-refractivity contribution >= 4 is 10.0 Å². The minimum atomic E-state index is -3.58. The molecular formula is C19H24FNO3S. The summed E-state index contributed by atoms with van der Waals surface area (Å²) in [6, 6.07) is 14.4. The molecular weight excluding hydrogens is 341 g/mol. The standard InChI is InChI=1S/C19H24FNO3S/c1-15(2)12-21(13-19(22)17-8-10-18(20)11-9-17)25(23,24)14-16-6-4-3-5-7-16/h3-11,15,19,22H,12-14H2,1-2H3/t19-/m1/s1. The lowest BCUT2D eigenvalue weighted by molar-refractivity contribution is 0.143. The first kappa shape index (κ1) is 19.6. The third-order valence-corrected chi connectivity index (χ3v) is 5.57. The van der Waals surface area contributed by atoms with E-state index in [4.69, 9.17) is 0 Å². The molecule has 2 aromatic rings. The third kappa shape index (κ3) is 5.92. The molecule has 0 fully saturated rings. The molecule has 1 N–H and O–H groups in total. The van der Waals surface area contributed by atoms with E-state index in [2.05, 4.69) is 0 Å². The molecule has 0 spiro atoms. The molecule has 136 valence electrons. The normalized spacial score (nSPS) is 13.4. The van der Waals surface area contributed by atoms with Crippen LogP contribution in [0.4, 0.5) is 4.39 Å². The van der Waals surface area contributed by atoms with Gasteiger partial charge in [-0.3, -0.25) is 0 Å². The van der Waals surface area contributed by atoms with Crippen LogP contribution in [-0.4, -0.2) is 30.9 Å². The van der Waals surface area contributed by atoms with Crippen molar-refractivity contribution in [3.63, 3.8) is 0 Å². The second-order valence-electron chi connectivity index (χ2n) is 6.52. The summed E-state index contributed by atoms with van der Waals surface area (Å²) in [5.41, 5.74) is 1.19. The van der Waals surface area contributed by atoms with Gasteiger partial charge in [0.25, 0.3) is 0 Å². The van der Waals surface area contributed by atoms with E-state index in [0.29, 0.717) is 17.7 Å². The summed E-state index contributed by atoms with van der Waals surface area (Å²) in [7, 11) is -3.58. The molecule has 0 radical (unpaired) electrons. The van der Waals surface area contributed by atoms with Crippen LogP contribution in [0, 0.1) is 11.7 Å². The Kier molecular flexibility index (Phi) is 6.70. The maximum atomic E-state index is 13.0. The Hall–Kier alpha value is -1.76. The van der Waals surface area contributed by atoms with E-state index in [-0.39, 0.29) is 18.2 Å². The number of nitrogens with zero attached hydrogens (tertiary/aromatic N) is 1. The summed E-state index contributed by atoms with van der Waals surface area (Å²) in [4.78, 5) is 0. The second-order valence-corrected chi connectivity index (χ2v) is 8.49. The van der Waals surface area contributed by atoms with Gasteiger partial charge in [-0.25, -0.2) is 12.8 Å². The van der Waals surface area contributed by atoms with Crippen molar-refractivity contribution in [1.29, 1.82) is 0 Å². The number of aliphatic hydroxyl groups is 1. The van der Waals surface area contributed by atoms with Crippen molar-refractivity contribution in [2.24, 2.45) is 5.92 Å². The molecule has 4 nitrogen and oxygen atoms in total. The predicted molar refractivity (Wildman–Crippen MR) is 96.8 cm³/mol. The molecule has 0 saturated carbocycles. The van der Waals surface area contributed by atoms with Crippen molar-refractivity contribution < 1.29 is 17.9 Å². The van der Waals surface area contributed by atoms with Crippen LogP contribution in [0.15, 0.2) is 54.6 Å². The van der Waals surface area contributed by atoms with Crippen LogP contribution in [-0.2, 0) is 15.8 Å². The van der Waals surface area contributed by atoms with Gasteiger partial charge >= 0.3 is 0 Å². The summed E-state index contributed by atoms with van der Waals surface area (Å²) in [5.74, 6) is -0.394. The van der Waals surface area contributed by atoms with Gasteiger partial charge in [0.1, 0.15) is 5.82 Å². The Labute approximate surface area is 149 Å². The molecule has 0 aromatic heterocycles. The quantitative estimate of drug-likeness (QED) is 0.780. The summed E-state index contributed by atoms with van der Waals surface area (Å²) in [6.45, 7) is 4.11. The maximum Gasteiger partial charge on any atom is 0.218 e. The number of rotatable bonds is 8. The predicted octanol–water partition coefficient (Wildman–Crippen LogP) is 3.35. The van der Waals surface area contributed by atoms with E-state index in [0.717, 1.165) is 0 Å². The fraction of sp³-hybridized carbons (Fsp3) is 0.368. The molecule has 2 aromatic carbocycles. The van der Waals surface area contributed by atoms with Gasteiger partial charge in [-0.2, -0.15) is 4.31 Å². The zero-order chi connectivity index (χ0) is 18.4. The van der Waals surface area contributed by atoms with Crippen LogP contribution in [0.2, 0.25) is 0 Å². The lowest BCUT2D eigenvalue weighted by Gasteiger charge is -2.26. The highest BCUT2D eigenvalue weighted by molar-refractivity contribution is 7.88. The molecule has 0 aliphatic heterocycles. The van der Waals surface area contributed by atoms with Crippen molar-refractivity contribution in [2.75, 3.05) is 13.1 Å². The van der Waals surface area contributed by atoms with E-state index in [1.54, 1.807) is 24.3 Å². The van der Waals surface area contributed by atoms with Gasteiger partial charge in [0.15, 0.2) is 0 Å². The fourth-order valence-corrected chi connectivity index (χ4v) is 4.26. The van der Waals surface area contributed by atoms with Gasteiger partial charge in [0, 0.05) is 13.1 Å². The maximum absolute atomic E-state index is 13.0. The second kappa shape index (κ2) is 8.56. The molecule has 0 saturated heterocycles. The summed E-state index contributed by atoms with van der Waals surface area (Å²) in [6.07, 6.45) is -1.01. The Bertz CT molecular complexity index is 761. The Morgan fingerprint density at radius 1 is 1.00 bits per heavy atom. The monoisotopic (exact) mass is 365 g/mol. The zero-order valence-electron chi connectivity index (χ0n) is 14.5. The van der Waals surface area contributed by atoms with Crippen molar-refractivity contribution in [2.45, 2.75) is 25.7 Å². The number of hydrogen-bond acceptors (Lipinski definition) is 3. The minimum Gasteiger partial charge on any atom is -0.387 e. The molecule has 0 amide bonds. The van der Waals surface area contributed by atoms with Gasteiger partial charge in [-0.15, -0.1) is 0 Å². The highest BCUT2D eigenvalue weighted by Crippen LogP contribution is 2.20. The molecule has 2 rings (SSSR count). The van der Waals surface area contributed by atoms with Crippen LogP contribution in [0.5, 0.6) is 0 Å². The topological polar surface area (TPSA) is 57.6 Å². The van der Waals surface area contributed by atoms with E-state index in [1.807, 2.05) is 19.9 Å². The molecule has 0 heterocycles. The van der Waals surface area contributed by atoms with Gasteiger partial charge in [0.05, 0.1) is 11.9 Å². The highest BCUT2D eigenvalue weighted by Gasteiger charge is 2.26. The van der Waals surface area contributed by atoms with Crippen LogP contribution < -0.4 is 0 Å². The SMILES string of the molecule is CC(C)CN(C[C@@H](O)c1ccc(F)cc1)S(=O)(=O)Cc1ccccc1. The summed E-state index contributed by atoms with van der Waals surface area (Å²) < 4.78 is 40.0. The van der Waals surface area contributed by atoms with Gasteiger partial charge in [0.2, 0.25) is 10.0 Å². The third-order valence-electron chi connectivity index (χ3n) is 3.79. The first-order valence-electron chi connectivity index (χ1n) is 8.23. The molecule has 6 heteroatoms. The van der Waals surface area contributed by atoms with Gasteiger partial charge in [-0.1, -0.05) is 56.3 Å². The van der Waals surface area contributed by atoms with Gasteiger partial charge in [-0.05, 0) is 29.2 Å². The lowest BCUT2D eigenvalue weighted by Crippen LogP contribution is -2.38. The molecule has 1 atom stereocenters. The molecule has 0 aliphatic carbocycles. The average molecular weight is 365 g/mol. The van der Waals surface area contributed by atoms with Crippen LogP contribution >= 0.6 is 0 Å². The Morgan fingerprint density at radius 3 is 2.16 bits per heavy atom. The van der Waals surface area contributed by atoms with E-state index < -0.39 is 21.9 Å². The number of hydrogen-bond donors (Lipinski definition) is 1. The van der Waals surface area contributed by atoms with Crippen LogP contribution in [0.25, 0.3) is 0 Å². The minimum absolute atomic E-state index is 0.0566. The Balaban J connectivity index is 2.18. The largest absolute Gasteiger partial charge is 0.387 e. The lowest BCUT2D eigenvalue weighted by atomic mass is 10.1. The molecule has 0 aliphatic rings. The highest BCUT2D eigenvalue weighted by atomic mass is 32.2. The number of aliphatic hydroxyl groups excluding tert-OH is 1. The first-order valence-corrected chi connectivity index (χ1v) is 9.84. The molecule has 0 bridgehead atoms. The molecule has 25 heavy (non-hydrogen) atoms. The molecule has 0 unspecified atom stereocenters. The smallest absolute Gasteiger partial charge is 0.218 e. The average Bonchev–Trinajstić information content (AvgIpc) is 2.55. The fourth-order valence-electron chi connectivity index (χ4n) is 2.57. The van der Waals surface area contributed by atoms with Crippen LogP contribution in [0.1, 0.15) is 31.1 Å². The number of sulfonamides is 1. The van der Waals surface area contributed by atoms with E-state index in [1.165, 1.54) is 28.6 Å². The van der Waals surface area contributed by atoms with Crippen molar-refractivity contribution in [3.05, 3.63) is 71.5 Å².